The molecule has 1 fully saturated rings. The van der Waals surface area contributed by atoms with Gasteiger partial charge in [0.15, 0.2) is 0 Å². The number of carbonyl (C=O) groups excluding carboxylic acids is 2. The van der Waals surface area contributed by atoms with E-state index in [0.717, 1.165) is 0 Å². The van der Waals surface area contributed by atoms with Crippen LogP contribution in [-0.2, 0) is 0 Å². The summed E-state index contributed by atoms with van der Waals surface area (Å²) in [6.07, 6.45) is 0.395. The zero-order valence-electron chi connectivity index (χ0n) is 8.69. The summed E-state index contributed by atoms with van der Waals surface area (Å²) in [5.41, 5.74) is 0.593. The summed E-state index contributed by atoms with van der Waals surface area (Å²) in [5.74, 6) is -0.173. The lowest BCUT2D eigenvalue weighted by Crippen LogP contribution is -2.56. The number of carbonyl (C=O) groups is 2. The van der Waals surface area contributed by atoms with Gasteiger partial charge in [-0.2, -0.15) is 0 Å². The summed E-state index contributed by atoms with van der Waals surface area (Å²) >= 11 is 0. The predicted octanol–water partition coefficient (Wildman–Crippen LogP) is 0.445. The second kappa shape index (κ2) is 4.65. The Bertz CT molecular complexity index is 391. The summed E-state index contributed by atoms with van der Waals surface area (Å²) in [6, 6.07) is 8.68. The van der Waals surface area contributed by atoms with Crippen molar-refractivity contribution in [2.45, 2.75) is 12.6 Å². The van der Waals surface area contributed by atoms with Gasteiger partial charge in [-0.3, -0.25) is 4.79 Å². The molecule has 5 nitrogen and oxygen atoms in total. The molecule has 0 aromatic heterocycles. The van der Waals surface area contributed by atoms with Crippen LogP contribution >= 0.6 is 0 Å². The number of amides is 3. The van der Waals surface area contributed by atoms with Crippen LogP contribution in [0, 0.1) is 0 Å². The number of urea groups is 1. The molecule has 0 radical (unpaired) electrons. The van der Waals surface area contributed by atoms with Gasteiger partial charge in [-0.05, 0) is 12.1 Å². The van der Waals surface area contributed by atoms with Crippen molar-refractivity contribution in [1.29, 1.82) is 0 Å². The summed E-state index contributed by atoms with van der Waals surface area (Å²) in [6.45, 7) is 0.575. The number of rotatable bonds is 2. The van der Waals surface area contributed by atoms with Crippen molar-refractivity contribution in [1.82, 2.24) is 16.0 Å². The minimum absolute atomic E-state index is 0.173. The molecule has 1 heterocycles. The Morgan fingerprint density at radius 1 is 1.31 bits per heavy atom. The van der Waals surface area contributed by atoms with Crippen LogP contribution in [0.1, 0.15) is 16.8 Å². The maximum Gasteiger partial charge on any atom is 0.316 e. The lowest BCUT2D eigenvalue weighted by molar-refractivity contribution is 0.0926. The Hall–Kier alpha value is -2.04. The molecule has 3 amide bonds. The molecule has 1 aliphatic rings. The van der Waals surface area contributed by atoms with E-state index in [1.165, 1.54) is 0 Å². The molecule has 1 aromatic carbocycles. The van der Waals surface area contributed by atoms with Crippen LogP contribution in [0.15, 0.2) is 30.3 Å². The number of benzene rings is 1. The Kier molecular flexibility index (Phi) is 3.05. The second-order valence-corrected chi connectivity index (χ2v) is 3.58. The molecule has 1 aliphatic heterocycles. The fraction of sp³-hybridized carbons (Fsp3) is 0.273. The van der Waals surface area contributed by atoms with Gasteiger partial charge in [0.1, 0.15) is 6.17 Å². The molecule has 5 heteroatoms. The Balaban J connectivity index is 1.95. The molecule has 0 aliphatic carbocycles. The first-order chi connectivity index (χ1) is 7.75. The fourth-order valence-corrected chi connectivity index (χ4v) is 1.55. The highest BCUT2D eigenvalue weighted by molar-refractivity contribution is 5.94. The standard InChI is InChI=1S/C11H13N3O2/c15-10(8-4-2-1-3-5-8)13-9-6-7-12-11(16)14-9/h1-5,9H,6-7H2,(H,13,15)(H2,12,14,16). The zero-order valence-corrected chi connectivity index (χ0v) is 8.69. The van der Waals surface area contributed by atoms with Gasteiger partial charge in [0.05, 0.1) is 0 Å². The van der Waals surface area contributed by atoms with Crippen molar-refractivity contribution in [2.24, 2.45) is 0 Å². The molecule has 1 unspecified atom stereocenters. The van der Waals surface area contributed by atoms with E-state index in [1.807, 2.05) is 6.07 Å². The third-order valence-corrected chi connectivity index (χ3v) is 2.37. The summed E-state index contributed by atoms with van der Waals surface area (Å²) in [7, 11) is 0. The molecule has 3 N–H and O–H groups in total. The van der Waals surface area contributed by atoms with Gasteiger partial charge < -0.3 is 16.0 Å². The zero-order chi connectivity index (χ0) is 11.4. The first kappa shape index (κ1) is 10.5. The van der Waals surface area contributed by atoms with E-state index in [0.29, 0.717) is 18.5 Å². The van der Waals surface area contributed by atoms with Crippen LogP contribution in [0.4, 0.5) is 4.79 Å². The van der Waals surface area contributed by atoms with Gasteiger partial charge in [0.2, 0.25) is 0 Å². The second-order valence-electron chi connectivity index (χ2n) is 3.58. The highest BCUT2D eigenvalue weighted by Gasteiger charge is 2.19. The average Bonchev–Trinajstić information content (AvgIpc) is 2.30. The maximum atomic E-state index is 11.7. The van der Waals surface area contributed by atoms with E-state index in [-0.39, 0.29) is 18.1 Å². The van der Waals surface area contributed by atoms with Crippen molar-refractivity contribution in [3.05, 3.63) is 35.9 Å². The van der Waals surface area contributed by atoms with Crippen molar-refractivity contribution in [3.63, 3.8) is 0 Å². The van der Waals surface area contributed by atoms with Crippen LogP contribution in [0.3, 0.4) is 0 Å². The largest absolute Gasteiger partial charge is 0.338 e. The van der Waals surface area contributed by atoms with Crippen molar-refractivity contribution < 1.29 is 9.59 Å². The van der Waals surface area contributed by atoms with Gasteiger partial charge in [-0.1, -0.05) is 18.2 Å². The molecular weight excluding hydrogens is 206 g/mol. The SMILES string of the molecule is O=C1NCCC(NC(=O)c2ccccc2)N1. The molecule has 2 rings (SSSR count). The molecule has 1 aromatic rings. The van der Waals surface area contributed by atoms with E-state index >= 15 is 0 Å². The molecule has 1 atom stereocenters. The van der Waals surface area contributed by atoms with E-state index in [2.05, 4.69) is 16.0 Å². The van der Waals surface area contributed by atoms with Crippen LogP contribution < -0.4 is 16.0 Å². The topological polar surface area (TPSA) is 70.2 Å². The normalized spacial score (nSPS) is 19.5. The minimum atomic E-state index is -0.290. The predicted molar refractivity (Wildman–Crippen MR) is 58.8 cm³/mol. The molecule has 84 valence electrons. The lowest BCUT2D eigenvalue weighted by atomic mass is 10.2. The first-order valence-electron chi connectivity index (χ1n) is 5.16. The molecule has 0 saturated carbocycles. The van der Waals surface area contributed by atoms with E-state index in [9.17, 15) is 9.59 Å². The molecule has 0 bridgehead atoms. The maximum absolute atomic E-state index is 11.7. The van der Waals surface area contributed by atoms with Crippen LogP contribution in [-0.4, -0.2) is 24.6 Å². The summed E-state index contributed by atoms with van der Waals surface area (Å²) in [5, 5.41) is 8.01. The fourth-order valence-electron chi connectivity index (χ4n) is 1.55. The van der Waals surface area contributed by atoms with Gasteiger partial charge in [0, 0.05) is 18.5 Å². The first-order valence-corrected chi connectivity index (χ1v) is 5.16. The van der Waals surface area contributed by atoms with Crippen LogP contribution in [0.2, 0.25) is 0 Å². The summed E-state index contributed by atoms with van der Waals surface area (Å²) in [4.78, 5) is 22.8. The Labute approximate surface area is 93.2 Å². The number of hydrogen-bond acceptors (Lipinski definition) is 2. The van der Waals surface area contributed by atoms with E-state index < -0.39 is 0 Å². The Morgan fingerprint density at radius 2 is 2.06 bits per heavy atom. The van der Waals surface area contributed by atoms with Crippen LogP contribution in [0.25, 0.3) is 0 Å². The van der Waals surface area contributed by atoms with E-state index in [4.69, 9.17) is 0 Å². The highest BCUT2D eigenvalue weighted by atomic mass is 16.2. The van der Waals surface area contributed by atoms with E-state index in [1.54, 1.807) is 24.3 Å². The quantitative estimate of drug-likeness (QED) is 0.675. The lowest BCUT2D eigenvalue weighted by Gasteiger charge is -2.25. The molecule has 16 heavy (non-hydrogen) atoms. The molecule has 0 spiro atoms. The number of nitrogens with one attached hydrogen (secondary N) is 3. The van der Waals surface area contributed by atoms with Gasteiger partial charge in [0.25, 0.3) is 5.91 Å². The minimum Gasteiger partial charge on any atom is -0.338 e. The monoisotopic (exact) mass is 219 g/mol. The van der Waals surface area contributed by atoms with Gasteiger partial charge in [-0.25, -0.2) is 4.79 Å². The third-order valence-electron chi connectivity index (χ3n) is 2.37. The highest BCUT2D eigenvalue weighted by Crippen LogP contribution is 2.00. The smallest absolute Gasteiger partial charge is 0.316 e. The van der Waals surface area contributed by atoms with Gasteiger partial charge >= 0.3 is 6.03 Å². The molecular formula is C11H13N3O2. The van der Waals surface area contributed by atoms with Crippen molar-refractivity contribution in [3.8, 4) is 0 Å². The van der Waals surface area contributed by atoms with Crippen molar-refractivity contribution >= 4 is 11.9 Å². The Morgan fingerprint density at radius 3 is 2.75 bits per heavy atom. The van der Waals surface area contributed by atoms with Crippen LogP contribution in [0.5, 0.6) is 0 Å². The molecule has 1 saturated heterocycles. The van der Waals surface area contributed by atoms with Gasteiger partial charge in [-0.15, -0.1) is 0 Å². The van der Waals surface area contributed by atoms with Crippen molar-refractivity contribution in [2.75, 3.05) is 6.54 Å². The third kappa shape index (κ3) is 2.50. The average molecular weight is 219 g/mol. The summed E-state index contributed by atoms with van der Waals surface area (Å²) < 4.78 is 0. The number of hydrogen-bond donors (Lipinski definition) is 3.